The van der Waals surface area contributed by atoms with Crippen molar-refractivity contribution in [3.8, 4) is 17.1 Å². The third kappa shape index (κ3) is 2.72. The molecule has 0 radical (unpaired) electrons. The summed E-state index contributed by atoms with van der Waals surface area (Å²) in [5.41, 5.74) is 0.703. The van der Waals surface area contributed by atoms with Gasteiger partial charge in [-0.15, -0.1) is 0 Å². The number of benzene rings is 2. The molecule has 0 aliphatic rings. The Labute approximate surface area is 125 Å². The van der Waals surface area contributed by atoms with Gasteiger partial charge in [-0.3, -0.25) is 0 Å². The molecule has 2 aromatic carbocycles. The lowest BCUT2D eigenvalue weighted by Crippen LogP contribution is -2.04. The lowest BCUT2D eigenvalue weighted by molar-refractivity contribution is -0.137. The number of alkyl halides is 3. The number of hydrogen-bond donors (Lipinski definition) is 0. The van der Waals surface area contributed by atoms with Gasteiger partial charge < -0.3 is 0 Å². The fourth-order valence-corrected chi connectivity index (χ4v) is 2.16. The Kier molecular flexibility index (Phi) is 3.44. The van der Waals surface area contributed by atoms with Crippen molar-refractivity contribution in [2.45, 2.75) is 13.1 Å². The van der Waals surface area contributed by atoms with Crippen molar-refractivity contribution in [1.82, 2.24) is 14.8 Å². The molecule has 0 saturated carbocycles. The van der Waals surface area contributed by atoms with E-state index in [9.17, 15) is 13.2 Å². The standard InChI is InChI=1S/C16H12F3N3/c1-11-20-15(22(21-11)14-5-3-2-4-6-14)12-7-9-13(10-8-12)16(17,18)19/h2-10H,1H3. The molecule has 3 aromatic rings. The van der Waals surface area contributed by atoms with Crippen molar-refractivity contribution in [2.75, 3.05) is 0 Å². The number of aryl methyl sites for hydroxylation is 1. The molecular formula is C16H12F3N3. The number of aromatic nitrogens is 3. The van der Waals surface area contributed by atoms with Gasteiger partial charge >= 0.3 is 6.18 Å². The molecule has 1 aromatic heterocycles. The molecule has 0 bridgehead atoms. The molecule has 0 fully saturated rings. The van der Waals surface area contributed by atoms with Crippen LogP contribution in [0.3, 0.4) is 0 Å². The third-order valence-corrected chi connectivity index (χ3v) is 3.18. The van der Waals surface area contributed by atoms with Gasteiger partial charge in [0.25, 0.3) is 0 Å². The second-order valence-corrected chi connectivity index (χ2v) is 4.81. The van der Waals surface area contributed by atoms with Crippen molar-refractivity contribution in [1.29, 1.82) is 0 Å². The topological polar surface area (TPSA) is 30.7 Å². The van der Waals surface area contributed by atoms with Crippen molar-refractivity contribution < 1.29 is 13.2 Å². The van der Waals surface area contributed by atoms with E-state index in [2.05, 4.69) is 10.1 Å². The van der Waals surface area contributed by atoms with Gasteiger partial charge in [-0.1, -0.05) is 30.3 Å². The summed E-state index contributed by atoms with van der Waals surface area (Å²) in [5, 5.41) is 4.31. The van der Waals surface area contributed by atoms with Crippen LogP contribution < -0.4 is 0 Å². The first kappa shape index (κ1) is 14.3. The van der Waals surface area contributed by atoms with Gasteiger partial charge in [0.15, 0.2) is 5.82 Å². The number of hydrogen-bond acceptors (Lipinski definition) is 2. The second kappa shape index (κ2) is 5.29. The Morgan fingerprint density at radius 1 is 0.909 bits per heavy atom. The third-order valence-electron chi connectivity index (χ3n) is 3.18. The molecule has 0 aliphatic heterocycles. The Hall–Kier alpha value is -2.63. The van der Waals surface area contributed by atoms with Crippen LogP contribution in [0.5, 0.6) is 0 Å². The zero-order valence-electron chi connectivity index (χ0n) is 11.7. The summed E-state index contributed by atoms with van der Waals surface area (Å²) >= 11 is 0. The summed E-state index contributed by atoms with van der Waals surface area (Å²) in [6.07, 6.45) is -4.35. The fraction of sp³-hybridized carbons (Fsp3) is 0.125. The maximum atomic E-state index is 12.6. The average molecular weight is 303 g/mol. The monoisotopic (exact) mass is 303 g/mol. The van der Waals surface area contributed by atoms with E-state index in [1.54, 1.807) is 11.6 Å². The lowest BCUT2D eigenvalue weighted by atomic mass is 10.1. The maximum Gasteiger partial charge on any atom is 0.416 e. The van der Waals surface area contributed by atoms with Crippen LogP contribution in [0.15, 0.2) is 54.6 Å². The van der Waals surface area contributed by atoms with E-state index in [-0.39, 0.29) is 0 Å². The van der Waals surface area contributed by atoms with Gasteiger partial charge in [0.2, 0.25) is 0 Å². The number of rotatable bonds is 2. The van der Waals surface area contributed by atoms with Crippen LogP contribution in [0.4, 0.5) is 13.2 Å². The molecule has 0 N–H and O–H groups in total. The Balaban J connectivity index is 2.06. The smallest absolute Gasteiger partial charge is 0.213 e. The van der Waals surface area contributed by atoms with Gasteiger partial charge in [-0.2, -0.15) is 18.3 Å². The molecule has 3 rings (SSSR count). The van der Waals surface area contributed by atoms with Gasteiger partial charge in [0.05, 0.1) is 11.3 Å². The zero-order valence-corrected chi connectivity index (χ0v) is 11.7. The number of nitrogens with zero attached hydrogens (tertiary/aromatic N) is 3. The van der Waals surface area contributed by atoms with E-state index in [1.165, 1.54) is 12.1 Å². The van der Waals surface area contributed by atoms with Crippen LogP contribution in [0, 0.1) is 6.92 Å². The lowest BCUT2D eigenvalue weighted by Gasteiger charge is -2.08. The predicted octanol–water partition coefficient (Wildman–Crippen LogP) is 4.26. The minimum absolute atomic E-state index is 0.512. The van der Waals surface area contributed by atoms with E-state index in [4.69, 9.17) is 0 Å². The zero-order chi connectivity index (χ0) is 15.7. The van der Waals surface area contributed by atoms with Crippen molar-refractivity contribution in [2.24, 2.45) is 0 Å². The Bertz CT molecular complexity index is 775. The van der Waals surface area contributed by atoms with Gasteiger partial charge in [0.1, 0.15) is 5.82 Å². The Morgan fingerprint density at radius 3 is 2.14 bits per heavy atom. The minimum Gasteiger partial charge on any atom is -0.213 e. The minimum atomic E-state index is -4.35. The highest BCUT2D eigenvalue weighted by atomic mass is 19.4. The van der Waals surface area contributed by atoms with Gasteiger partial charge in [-0.25, -0.2) is 9.67 Å². The van der Waals surface area contributed by atoms with Crippen molar-refractivity contribution in [3.05, 3.63) is 66.0 Å². The van der Waals surface area contributed by atoms with Gasteiger partial charge in [0, 0.05) is 5.56 Å². The summed E-state index contributed by atoms with van der Waals surface area (Å²) in [4.78, 5) is 4.32. The van der Waals surface area contributed by atoms with Crippen LogP contribution in [0.25, 0.3) is 17.1 Å². The van der Waals surface area contributed by atoms with E-state index < -0.39 is 11.7 Å². The van der Waals surface area contributed by atoms with Crippen LogP contribution in [-0.2, 0) is 6.18 Å². The molecule has 0 aliphatic carbocycles. The van der Waals surface area contributed by atoms with E-state index in [1.807, 2.05) is 30.3 Å². The largest absolute Gasteiger partial charge is 0.416 e. The summed E-state index contributed by atoms with van der Waals surface area (Å²) in [6.45, 7) is 1.74. The number of halogens is 3. The number of para-hydroxylation sites is 1. The molecule has 0 unspecified atom stereocenters. The maximum absolute atomic E-state index is 12.6. The van der Waals surface area contributed by atoms with E-state index in [0.29, 0.717) is 17.2 Å². The van der Waals surface area contributed by atoms with Crippen LogP contribution in [-0.4, -0.2) is 14.8 Å². The highest BCUT2D eigenvalue weighted by Crippen LogP contribution is 2.31. The summed E-state index contributed by atoms with van der Waals surface area (Å²) in [6, 6.07) is 14.3. The van der Waals surface area contributed by atoms with Crippen molar-refractivity contribution >= 4 is 0 Å². The van der Waals surface area contributed by atoms with Crippen LogP contribution >= 0.6 is 0 Å². The first-order valence-electron chi connectivity index (χ1n) is 6.62. The van der Waals surface area contributed by atoms with E-state index >= 15 is 0 Å². The predicted molar refractivity (Wildman–Crippen MR) is 76.5 cm³/mol. The molecule has 0 saturated heterocycles. The first-order chi connectivity index (χ1) is 10.4. The van der Waals surface area contributed by atoms with Crippen molar-refractivity contribution in [3.63, 3.8) is 0 Å². The first-order valence-corrected chi connectivity index (χ1v) is 6.62. The second-order valence-electron chi connectivity index (χ2n) is 4.81. The molecule has 3 nitrogen and oxygen atoms in total. The average Bonchev–Trinajstić information content (AvgIpc) is 2.89. The highest BCUT2D eigenvalue weighted by Gasteiger charge is 2.30. The van der Waals surface area contributed by atoms with Crippen LogP contribution in [0.2, 0.25) is 0 Å². The molecule has 112 valence electrons. The summed E-state index contributed by atoms with van der Waals surface area (Å²) in [7, 11) is 0. The molecule has 1 heterocycles. The normalized spacial score (nSPS) is 11.6. The molecule has 6 heteroatoms. The highest BCUT2D eigenvalue weighted by molar-refractivity contribution is 5.58. The van der Waals surface area contributed by atoms with E-state index in [0.717, 1.165) is 17.8 Å². The summed E-state index contributed by atoms with van der Waals surface area (Å²) in [5.74, 6) is 1.07. The van der Waals surface area contributed by atoms with Gasteiger partial charge in [-0.05, 0) is 31.2 Å². The molecule has 0 spiro atoms. The molecule has 22 heavy (non-hydrogen) atoms. The fourth-order valence-electron chi connectivity index (χ4n) is 2.16. The molecular weight excluding hydrogens is 291 g/mol. The molecule has 0 amide bonds. The van der Waals surface area contributed by atoms with Crippen LogP contribution in [0.1, 0.15) is 11.4 Å². The SMILES string of the molecule is Cc1nc(-c2ccc(C(F)(F)F)cc2)n(-c2ccccc2)n1. The Morgan fingerprint density at radius 2 is 1.55 bits per heavy atom. The summed E-state index contributed by atoms with van der Waals surface area (Å²) < 4.78 is 39.5. The quantitative estimate of drug-likeness (QED) is 0.708. The molecule has 0 atom stereocenters.